The second-order valence-corrected chi connectivity index (χ2v) is 6.56. The van der Waals surface area contributed by atoms with Gasteiger partial charge in [-0.2, -0.15) is 0 Å². The summed E-state index contributed by atoms with van der Waals surface area (Å²) in [7, 11) is 0. The van der Waals surface area contributed by atoms with Gasteiger partial charge in [0.2, 0.25) is 0 Å². The number of ether oxygens (including phenoxy) is 1. The molecule has 0 saturated heterocycles. The number of aromatic nitrogens is 1. The molecular formula is C12H16IN3O3. The Balaban J connectivity index is 2.41. The van der Waals surface area contributed by atoms with E-state index < -0.39 is 11.6 Å². The first-order valence-electron chi connectivity index (χ1n) is 5.83. The van der Waals surface area contributed by atoms with Gasteiger partial charge < -0.3 is 14.8 Å². The normalized spacial score (nSPS) is 18.4. The zero-order valence-corrected chi connectivity index (χ0v) is 13.3. The van der Waals surface area contributed by atoms with E-state index in [2.05, 4.69) is 9.98 Å². The molecule has 0 radical (unpaired) electrons. The number of nitrogens with zero attached hydrogens (tertiary/aromatic N) is 2. The number of rotatable bonds is 1. The van der Waals surface area contributed by atoms with Crippen LogP contribution in [0.4, 0.5) is 5.82 Å². The van der Waals surface area contributed by atoms with Crippen molar-refractivity contribution in [3.63, 3.8) is 0 Å². The van der Waals surface area contributed by atoms with Gasteiger partial charge in [-0.15, -0.1) is 0 Å². The SMILES string of the molecule is Cc1[nH]c2c(c1OC(=O)C(C)(C)C)C(O)N(I)C=N2. The third-order valence-corrected chi connectivity index (χ3v) is 3.52. The number of hydrogen-bond acceptors (Lipinski definition) is 5. The van der Waals surface area contributed by atoms with Gasteiger partial charge in [0.15, 0.2) is 12.0 Å². The fourth-order valence-electron chi connectivity index (χ4n) is 1.63. The summed E-state index contributed by atoms with van der Waals surface area (Å²) >= 11 is 1.94. The molecule has 0 saturated carbocycles. The Morgan fingerprint density at radius 2 is 2.21 bits per heavy atom. The van der Waals surface area contributed by atoms with Crippen LogP contribution in [0, 0.1) is 12.3 Å². The van der Waals surface area contributed by atoms with Crippen molar-refractivity contribution in [2.45, 2.75) is 33.9 Å². The van der Waals surface area contributed by atoms with Crippen LogP contribution in [0.3, 0.4) is 0 Å². The van der Waals surface area contributed by atoms with Crippen LogP contribution in [-0.2, 0) is 4.79 Å². The smallest absolute Gasteiger partial charge is 0.316 e. The molecule has 1 aromatic rings. The van der Waals surface area contributed by atoms with Gasteiger partial charge in [0, 0.05) is 0 Å². The maximum atomic E-state index is 12.0. The number of aliphatic hydroxyl groups excluding tert-OH is 1. The van der Waals surface area contributed by atoms with Crippen LogP contribution in [0.25, 0.3) is 0 Å². The maximum Gasteiger partial charge on any atom is 0.316 e. The van der Waals surface area contributed by atoms with Crippen LogP contribution in [-0.4, -0.2) is 25.5 Å². The van der Waals surface area contributed by atoms with E-state index in [0.717, 1.165) is 0 Å². The van der Waals surface area contributed by atoms with Crippen LogP contribution in [0.15, 0.2) is 4.99 Å². The van der Waals surface area contributed by atoms with Crippen molar-refractivity contribution in [3.05, 3.63) is 11.3 Å². The highest BCUT2D eigenvalue weighted by molar-refractivity contribution is 14.1. The molecule has 1 aliphatic rings. The Kier molecular flexibility index (Phi) is 3.61. The Morgan fingerprint density at radius 3 is 2.79 bits per heavy atom. The Bertz CT molecular complexity index is 545. The van der Waals surface area contributed by atoms with Gasteiger partial charge in [0.1, 0.15) is 12.2 Å². The van der Waals surface area contributed by atoms with Crippen LogP contribution in [0.2, 0.25) is 0 Å². The molecule has 0 fully saturated rings. The summed E-state index contributed by atoms with van der Waals surface area (Å²) in [5, 5.41) is 10.2. The van der Waals surface area contributed by atoms with Crippen molar-refractivity contribution >= 4 is 41.0 Å². The summed E-state index contributed by atoms with van der Waals surface area (Å²) in [5.41, 5.74) is 0.557. The minimum atomic E-state index is -0.888. The van der Waals surface area contributed by atoms with E-state index in [1.54, 1.807) is 27.7 Å². The number of nitrogens with one attached hydrogen (secondary N) is 1. The van der Waals surface area contributed by atoms with Gasteiger partial charge >= 0.3 is 5.97 Å². The minimum Gasteiger partial charge on any atom is -0.424 e. The highest BCUT2D eigenvalue weighted by atomic mass is 127. The van der Waals surface area contributed by atoms with E-state index in [4.69, 9.17) is 4.74 Å². The third kappa shape index (κ3) is 2.62. The van der Waals surface area contributed by atoms with Gasteiger partial charge in [-0.1, -0.05) is 0 Å². The summed E-state index contributed by atoms with van der Waals surface area (Å²) in [6.45, 7) is 7.12. The second-order valence-electron chi connectivity index (χ2n) is 5.44. The quantitative estimate of drug-likeness (QED) is 0.448. The lowest BCUT2D eigenvalue weighted by atomic mass is 9.97. The number of aryl methyl sites for hydroxylation is 1. The topological polar surface area (TPSA) is 77.9 Å². The predicted molar refractivity (Wildman–Crippen MR) is 79.6 cm³/mol. The average Bonchev–Trinajstić information content (AvgIpc) is 2.60. The van der Waals surface area contributed by atoms with E-state index in [0.29, 0.717) is 22.8 Å². The highest BCUT2D eigenvalue weighted by Crippen LogP contribution is 2.42. The lowest BCUT2D eigenvalue weighted by Gasteiger charge is -2.23. The van der Waals surface area contributed by atoms with Crippen molar-refractivity contribution < 1.29 is 14.6 Å². The summed E-state index contributed by atoms with van der Waals surface area (Å²) in [5.74, 6) is 0.537. The van der Waals surface area contributed by atoms with E-state index in [1.165, 1.54) is 9.45 Å². The van der Waals surface area contributed by atoms with Crippen molar-refractivity contribution in [2.24, 2.45) is 10.4 Å². The van der Waals surface area contributed by atoms with Gasteiger partial charge in [0.05, 0.1) is 39.5 Å². The number of esters is 1. The first-order chi connectivity index (χ1) is 8.71. The second kappa shape index (κ2) is 4.78. The third-order valence-electron chi connectivity index (χ3n) is 2.74. The Hall–Kier alpha value is -1.09. The fraction of sp³-hybridized carbons (Fsp3) is 0.500. The molecule has 1 aliphatic heterocycles. The zero-order chi connectivity index (χ0) is 14.4. The van der Waals surface area contributed by atoms with Crippen molar-refractivity contribution in [2.75, 3.05) is 0 Å². The summed E-state index contributed by atoms with van der Waals surface area (Å²) < 4.78 is 6.95. The number of aliphatic imine (C=N–C) groups is 1. The molecule has 0 aromatic carbocycles. The van der Waals surface area contributed by atoms with Crippen LogP contribution in [0.1, 0.15) is 38.3 Å². The first-order valence-corrected chi connectivity index (χ1v) is 6.79. The Morgan fingerprint density at radius 1 is 1.58 bits per heavy atom. The molecule has 1 aromatic heterocycles. The number of halogens is 1. The van der Waals surface area contributed by atoms with E-state index in [1.807, 2.05) is 22.9 Å². The molecule has 1 atom stereocenters. The molecule has 7 heteroatoms. The van der Waals surface area contributed by atoms with E-state index >= 15 is 0 Å². The number of fused-ring (bicyclic) bond motifs is 1. The van der Waals surface area contributed by atoms with Crippen LogP contribution >= 0.6 is 22.9 Å². The Labute approximate surface area is 125 Å². The van der Waals surface area contributed by atoms with Crippen molar-refractivity contribution in [1.29, 1.82) is 0 Å². The number of aliphatic hydroxyl groups is 1. The zero-order valence-electron chi connectivity index (χ0n) is 11.2. The first kappa shape index (κ1) is 14.3. The summed E-state index contributed by atoms with van der Waals surface area (Å²) in [6.07, 6.45) is 0.625. The van der Waals surface area contributed by atoms with Gasteiger partial charge in [-0.05, 0) is 27.7 Å². The highest BCUT2D eigenvalue weighted by Gasteiger charge is 2.32. The van der Waals surface area contributed by atoms with E-state index in [-0.39, 0.29) is 5.97 Å². The molecule has 104 valence electrons. The monoisotopic (exact) mass is 377 g/mol. The largest absolute Gasteiger partial charge is 0.424 e. The van der Waals surface area contributed by atoms with Gasteiger partial charge in [-0.3, -0.25) is 7.91 Å². The fourth-order valence-corrected chi connectivity index (χ4v) is 2.03. The standard InChI is InChI=1S/C12H16IN3O3/c1-6-8(19-11(18)12(2,3)4)7-9(15-6)14-5-16(13)10(7)17/h5,10,15,17H,1-4H3. The molecule has 0 spiro atoms. The average molecular weight is 377 g/mol. The molecule has 0 amide bonds. The molecule has 19 heavy (non-hydrogen) atoms. The number of H-pyrrole nitrogens is 1. The number of aromatic amines is 1. The van der Waals surface area contributed by atoms with Gasteiger partial charge in [-0.25, -0.2) is 4.99 Å². The van der Waals surface area contributed by atoms with Gasteiger partial charge in [0.25, 0.3) is 0 Å². The summed E-state index contributed by atoms with van der Waals surface area (Å²) in [4.78, 5) is 19.2. The van der Waals surface area contributed by atoms with Crippen LogP contribution in [0.5, 0.6) is 5.75 Å². The molecule has 2 rings (SSSR count). The predicted octanol–water partition coefficient (Wildman–Crippen LogP) is 2.59. The molecule has 2 N–H and O–H groups in total. The molecule has 0 aliphatic carbocycles. The molecule has 2 heterocycles. The molecule has 6 nitrogen and oxygen atoms in total. The number of carbonyl (C=O) groups is 1. The lowest BCUT2D eigenvalue weighted by molar-refractivity contribution is -0.143. The van der Waals surface area contributed by atoms with E-state index in [9.17, 15) is 9.90 Å². The van der Waals surface area contributed by atoms with Crippen molar-refractivity contribution in [3.8, 4) is 5.75 Å². The maximum absolute atomic E-state index is 12.0. The number of hydrogen-bond donors (Lipinski definition) is 2. The number of carbonyl (C=O) groups excluding carboxylic acids is 1. The van der Waals surface area contributed by atoms with Crippen LogP contribution < -0.4 is 4.74 Å². The molecule has 1 unspecified atom stereocenters. The summed E-state index contributed by atoms with van der Waals surface area (Å²) in [6, 6.07) is 0. The lowest BCUT2D eigenvalue weighted by Crippen LogP contribution is -2.27. The molecule has 0 bridgehead atoms. The molecular weight excluding hydrogens is 361 g/mol. The minimum absolute atomic E-state index is 0.348. The van der Waals surface area contributed by atoms with Crippen molar-refractivity contribution in [1.82, 2.24) is 8.10 Å².